The van der Waals surface area contributed by atoms with Gasteiger partial charge in [-0.2, -0.15) is 0 Å². The van der Waals surface area contributed by atoms with Crippen LogP contribution in [0.1, 0.15) is 11.5 Å². The lowest BCUT2D eigenvalue weighted by Gasteiger charge is -2.03. The Morgan fingerprint density at radius 1 is 1.12 bits per heavy atom. The Balaban J connectivity index is 1.45. The first kappa shape index (κ1) is 18.0. The summed E-state index contributed by atoms with van der Waals surface area (Å²) >= 11 is 1.72. The van der Waals surface area contributed by atoms with E-state index in [0.29, 0.717) is 12.3 Å². The third-order valence-corrected chi connectivity index (χ3v) is 4.58. The summed E-state index contributed by atoms with van der Waals surface area (Å²) in [6, 6.07) is 17.6. The van der Waals surface area contributed by atoms with Gasteiger partial charge in [0.15, 0.2) is 0 Å². The Hall–Kier alpha value is -2.80. The average molecular weight is 369 g/mol. The van der Waals surface area contributed by atoms with Crippen LogP contribution in [0, 0.1) is 0 Å². The average Bonchev–Trinajstić information content (AvgIpc) is 3.10. The van der Waals surface area contributed by atoms with Gasteiger partial charge in [0.2, 0.25) is 11.8 Å². The smallest absolute Gasteiger partial charge is 0.322 e. The number of amides is 1. The predicted molar refractivity (Wildman–Crippen MR) is 100 cm³/mol. The fourth-order valence-corrected chi connectivity index (χ4v) is 3.13. The minimum atomic E-state index is -0.205. The van der Waals surface area contributed by atoms with Crippen LogP contribution in [-0.2, 0) is 17.6 Å². The Morgan fingerprint density at radius 2 is 1.88 bits per heavy atom. The van der Waals surface area contributed by atoms with Crippen LogP contribution in [0.3, 0.4) is 0 Å². The Morgan fingerprint density at radius 3 is 2.62 bits per heavy atom. The second-order valence-corrected chi connectivity index (χ2v) is 6.65. The van der Waals surface area contributed by atoms with Crippen LogP contribution in [0.5, 0.6) is 5.75 Å². The fourth-order valence-electron chi connectivity index (χ4n) is 2.27. The molecule has 3 aromatic rings. The summed E-state index contributed by atoms with van der Waals surface area (Å²) in [5.41, 5.74) is 0.877. The molecule has 7 heteroatoms. The monoisotopic (exact) mass is 369 g/mol. The standard InChI is InChI=1S/C19H19N3O3S/c1-24-15-9-7-14(8-10-15)13-17(23)20-19-22-21-18(25-19)11-12-26-16-5-3-2-4-6-16/h2-10H,11-13H2,1H3,(H,20,22,23). The van der Waals surface area contributed by atoms with Gasteiger partial charge in [0, 0.05) is 17.1 Å². The number of hydrogen-bond acceptors (Lipinski definition) is 6. The van der Waals surface area contributed by atoms with Gasteiger partial charge in [-0.3, -0.25) is 10.1 Å². The van der Waals surface area contributed by atoms with E-state index >= 15 is 0 Å². The SMILES string of the molecule is COc1ccc(CC(=O)Nc2nnc(CCSc3ccccc3)o2)cc1. The van der Waals surface area contributed by atoms with Crippen LogP contribution in [-0.4, -0.2) is 29.0 Å². The van der Waals surface area contributed by atoms with Gasteiger partial charge in [-0.05, 0) is 29.8 Å². The molecule has 0 saturated heterocycles. The van der Waals surface area contributed by atoms with Crippen LogP contribution >= 0.6 is 11.8 Å². The van der Waals surface area contributed by atoms with Gasteiger partial charge in [0.1, 0.15) is 5.75 Å². The third kappa shape index (κ3) is 5.35. The first-order valence-electron chi connectivity index (χ1n) is 8.16. The fraction of sp³-hybridized carbons (Fsp3) is 0.211. The molecule has 0 saturated carbocycles. The molecular formula is C19H19N3O3S. The van der Waals surface area contributed by atoms with Crippen LogP contribution in [0.15, 0.2) is 63.9 Å². The van der Waals surface area contributed by atoms with E-state index in [4.69, 9.17) is 9.15 Å². The Kier molecular flexibility index (Phi) is 6.27. The lowest BCUT2D eigenvalue weighted by atomic mass is 10.1. The number of aryl methyl sites for hydroxylation is 1. The molecule has 26 heavy (non-hydrogen) atoms. The molecule has 0 spiro atoms. The maximum Gasteiger partial charge on any atom is 0.322 e. The van der Waals surface area contributed by atoms with Crippen molar-refractivity contribution in [3.63, 3.8) is 0 Å². The highest BCUT2D eigenvalue weighted by Gasteiger charge is 2.10. The molecule has 0 bridgehead atoms. The third-order valence-electron chi connectivity index (χ3n) is 3.56. The highest BCUT2D eigenvalue weighted by molar-refractivity contribution is 7.99. The second-order valence-electron chi connectivity index (χ2n) is 5.49. The molecule has 1 heterocycles. The van der Waals surface area contributed by atoms with Crippen molar-refractivity contribution in [1.29, 1.82) is 0 Å². The number of carbonyl (C=O) groups excluding carboxylic acids is 1. The zero-order valence-corrected chi connectivity index (χ0v) is 15.2. The maximum atomic E-state index is 12.1. The molecule has 134 valence electrons. The summed E-state index contributed by atoms with van der Waals surface area (Å²) in [6.45, 7) is 0. The number of anilines is 1. The highest BCUT2D eigenvalue weighted by Crippen LogP contribution is 2.19. The normalized spacial score (nSPS) is 10.5. The zero-order chi connectivity index (χ0) is 18.2. The van der Waals surface area contributed by atoms with Crippen molar-refractivity contribution in [2.24, 2.45) is 0 Å². The largest absolute Gasteiger partial charge is 0.497 e. The number of ether oxygens (including phenoxy) is 1. The van der Waals surface area contributed by atoms with Gasteiger partial charge in [-0.1, -0.05) is 35.4 Å². The van der Waals surface area contributed by atoms with E-state index in [1.165, 1.54) is 4.90 Å². The van der Waals surface area contributed by atoms with E-state index < -0.39 is 0 Å². The minimum Gasteiger partial charge on any atom is -0.497 e. The van der Waals surface area contributed by atoms with Crippen molar-refractivity contribution in [3.05, 3.63) is 66.1 Å². The van der Waals surface area contributed by atoms with Crippen LogP contribution in [0.25, 0.3) is 0 Å². The Labute approximate surface area is 156 Å². The Bertz CT molecular complexity index is 835. The molecule has 1 aromatic heterocycles. The van der Waals surface area contributed by atoms with Gasteiger partial charge in [0.05, 0.1) is 13.5 Å². The molecule has 0 fully saturated rings. The summed E-state index contributed by atoms with van der Waals surface area (Å²) in [6.07, 6.45) is 0.868. The molecule has 0 atom stereocenters. The van der Waals surface area contributed by atoms with Crippen molar-refractivity contribution in [1.82, 2.24) is 10.2 Å². The summed E-state index contributed by atoms with van der Waals surface area (Å²) in [5, 5.41) is 10.5. The number of nitrogens with zero attached hydrogens (tertiary/aromatic N) is 2. The molecular weight excluding hydrogens is 350 g/mol. The van der Waals surface area contributed by atoms with Gasteiger partial charge < -0.3 is 9.15 Å². The molecule has 6 nitrogen and oxygen atoms in total. The number of nitrogens with one attached hydrogen (secondary N) is 1. The van der Waals surface area contributed by atoms with Gasteiger partial charge in [-0.25, -0.2) is 0 Å². The van der Waals surface area contributed by atoms with E-state index in [1.54, 1.807) is 18.9 Å². The van der Waals surface area contributed by atoms with E-state index in [0.717, 1.165) is 17.1 Å². The molecule has 0 aliphatic carbocycles. The number of rotatable bonds is 8. The first-order chi connectivity index (χ1) is 12.7. The molecule has 0 unspecified atom stereocenters. The summed E-state index contributed by atoms with van der Waals surface area (Å²) in [7, 11) is 1.60. The maximum absolute atomic E-state index is 12.1. The number of benzene rings is 2. The first-order valence-corrected chi connectivity index (χ1v) is 9.14. The van der Waals surface area contributed by atoms with Crippen molar-refractivity contribution in [2.75, 3.05) is 18.2 Å². The molecule has 2 aromatic carbocycles. The van der Waals surface area contributed by atoms with Crippen molar-refractivity contribution >= 4 is 23.7 Å². The van der Waals surface area contributed by atoms with Crippen molar-refractivity contribution in [3.8, 4) is 5.75 Å². The van der Waals surface area contributed by atoms with Gasteiger partial charge >= 0.3 is 6.01 Å². The van der Waals surface area contributed by atoms with E-state index in [9.17, 15) is 4.79 Å². The number of methoxy groups -OCH3 is 1. The summed E-state index contributed by atoms with van der Waals surface area (Å²) in [4.78, 5) is 13.3. The van der Waals surface area contributed by atoms with Gasteiger partial charge in [0.25, 0.3) is 0 Å². The molecule has 0 aliphatic rings. The predicted octanol–water partition coefficient (Wildman–Crippen LogP) is 3.59. The molecule has 3 rings (SSSR count). The number of thioether (sulfide) groups is 1. The number of carbonyl (C=O) groups is 1. The molecule has 1 amide bonds. The summed E-state index contributed by atoms with van der Waals surface area (Å²) < 4.78 is 10.6. The highest BCUT2D eigenvalue weighted by atomic mass is 32.2. The number of aromatic nitrogens is 2. The second kappa shape index (κ2) is 9.05. The minimum absolute atomic E-state index is 0.128. The zero-order valence-electron chi connectivity index (χ0n) is 14.3. The van der Waals surface area contributed by atoms with Crippen LogP contribution < -0.4 is 10.1 Å². The number of hydrogen-bond donors (Lipinski definition) is 1. The van der Waals surface area contributed by atoms with Crippen LogP contribution in [0.4, 0.5) is 6.01 Å². The van der Waals surface area contributed by atoms with E-state index in [1.807, 2.05) is 42.5 Å². The topological polar surface area (TPSA) is 77.2 Å². The van der Waals surface area contributed by atoms with Crippen LogP contribution in [0.2, 0.25) is 0 Å². The lowest BCUT2D eigenvalue weighted by molar-refractivity contribution is -0.115. The van der Waals surface area contributed by atoms with E-state index in [2.05, 4.69) is 27.6 Å². The van der Waals surface area contributed by atoms with E-state index in [-0.39, 0.29) is 18.3 Å². The van der Waals surface area contributed by atoms with Crippen molar-refractivity contribution < 1.29 is 13.9 Å². The molecule has 1 N–H and O–H groups in total. The summed E-state index contributed by atoms with van der Waals surface area (Å²) in [5.74, 6) is 1.88. The lowest BCUT2D eigenvalue weighted by Crippen LogP contribution is -2.14. The van der Waals surface area contributed by atoms with Crippen molar-refractivity contribution in [2.45, 2.75) is 17.7 Å². The van der Waals surface area contributed by atoms with Gasteiger partial charge in [-0.15, -0.1) is 16.9 Å². The molecule has 0 aliphatic heterocycles. The quantitative estimate of drug-likeness (QED) is 0.612. The molecule has 0 radical (unpaired) electrons.